The number of carbonyl (C=O) groups excluding carboxylic acids is 1. The lowest BCUT2D eigenvalue weighted by Gasteiger charge is -2.39. The van der Waals surface area contributed by atoms with Crippen LogP contribution in [0.5, 0.6) is 0 Å². The van der Waals surface area contributed by atoms with E-state index in [0.29, 0.717) is 25.3 Å². The number of hydrogen-bond acceptors (Lipinski definition) is 3. The van der Waals surface area contributed by atoms with Gasteiger partial charge in [0.25, 0.3) is 0 Å². The molecular weight excluding hydrogens is 254 g/mol. The van der Waals surface area contributed by atoms with Crippen LogP contribution in [0.1, 0.15) is 18.1 Å². The predicted octanol–water partition coefficient (Wildman–Crippen LogP) is 1.52. The fourth-order valence-corrected chi connectivity index (χ4v) is 2.03. The summed E-state index contributed by atoms with van der Waals surface area (Å²) in [6.07, 6.45) is 1.86. The zero-order valence-electron chi connectivity index (χ0n) is 12.0. The standard InChI is InChI=1S/C16H21NO3/c1-12-3-5-14(6-4-12)7-13(2)15(19)17-8-16(9-18)10-20-11-16/h3-7,18H,8-11H2,1-2H3,(H,17,19)/b13-7-. The van der Waals surface area contributed by atoms with Gasteiger partial charge in [-0.1, -0.05) is 29.8 Å². The van der Waals surface area contributed by atoms with Crippen LogP contribution in [0.4, 0.5) is 0 Å². The van der Waals surface area contributed by atoms with Crippen molar-refractivity contribution in [3.05, 3.63) is 41.0 Å². The second kappa shape index (κ2) is 6.20. The number of carbonyl (C=O) groups is 1. The first-order valence-electron chi connectivity index (χ1n) is 6.76. The van der Waals surface area contributed by atoms with Crippen molar-refractivity contribution in [1.82, 2.24) is 5.32 Å². The summed E-state index contributed by atoms with van der Waals surface area (Å²) in [5, 5.41) is 12.2. The van der Waals surface area contributed by atoms with Crippen molar-refractivity contribution in [2.45, 2.75) is 13.8 Å². The molecular formula is C16H21NO3. The second-order valence-corrected chi connectivity index (χ2v) is 5.57. The van der Waals surface area contributed by atoms with Gasteiger partial charge in [-0.3, -0.25) is 4.79 Å². The van der Waals surface area contributed by atoms with E-state index in [0.717, 1.165) is 5.56 Å². The molecule has 1 fully saturated rings. The second-order valence-electron chi connectivity index (χ2n) is 5.57. The van der Waals surface area contributed by atoms with Crippen molar-refractivity contribution < 1.29 is 14.6 Å². The maximum atomic E-state index is 12.0. The number of rotatable bonds is 5. The van der Waals surface area contributed by atoms with Crippen LogP contribution in [-0.4, -0.2) is 37.4 Å². The molecule has 108 valence electrons. The zero-order valence-corrected chi connectivity index (χ0v) is 12.0. The molecule has 2 rings (SSSR count). The Morgan fingerprint density at radius 1 is 1.40 bits per heavy atom. The highest BCUT2D eigenvalue weighted by molar-refractivity contribution is 5.97. The van der Waals surface area contributed by atoms with Gasteiger partial charge in [-0.2, -0.15) is 0 Å². The molecule has 0 saturated carbocycles. The Bertz CT molecular complexity index is 495. The number of amides is 1. The molecule has 1 aliphatic rings. The Labute approximate surface area is 119 Å². The zero-order chi connectivity index (χ0) is 14.6. The summed E-state index contributed by atoms with van der Waals surface area (Å²) in [4.78, 5) is 12.0. The third-order valence-electron chi connectivity index (χ3n) is 3.59. The van der Waals surface area contributed by atoms with E-state index in [1.54, 1.807) is 6.92 Å². The Morgan fingerprint density at radius 3 is 2.55 bits per heavy atom. The number of hydrogen-bond donors (Lipinski definition) is 2. The number of ether oxygens (including phenoxy) is 1. The first kappa shape index (κ1) is 14.8. The van der Waals surface area contributed by atoms with Crippen LogP contribution in [-0.2, 0) is 9.53 Å². The van der Waals surface area contributed by atoms with Gasteiger partial charge in [-0.05, 0) is 25.5 Å². The van der Waals surface area contributed by atoms with Crippen molar-refractivity contribution in [2.24, 2.45) is 5.41 Å². The molecule has 0 spiro atoms. The van der Waals surface area contributed by atoms with E-state index in [-0.39, 0.29) is 17.9 Å². The summed E-state index contributed by atoms with van der Waals surface area (Å²) in [6, 6.07) is 8.01. The average Bonchev–Trinajstić information content (AvgIpc) is 2.40. The molecule has 0 bridgehead atoms. The fraction of sp³-hybridized carbons (Fsp3) is 0.438. The van der Waals surface area contributed by atoms with Crippen LogP contribution in [0.3, 0.4) is 0 Å². The minimum Gasteiger partial charge on any atom is -0.396 e. The number of aryl methyl sites for hydroxylation is 1. The normalized spacial score (nSPS) is 17.4. The van der Waals surface area contributed by atoms with Crippen molar-refractivity contribution in [2.75, 3.05) is 26.4 Å². The van der Waals surface area contributed by atoms with Gasteiger partial charge in [0.2, 0.25) is 5.91 Å². The van der Waals surface area contributed by atoms with Crippen LogP contribution >= 0.6 is 0 Å². The topological polar surface area (TPSA) is 58.6 Å². The molecule has 20 heavy (non-hydrogen) atoms. The summed E-state index contributed by atoms with van der Waals surface area (Å²) >= 11 is 0. The Hall–Kier alpha value is -1.65. The predicted molar refractivity (Wildman–Crippen MR) is 78.2 cm³/mol. The summed E-state index contributed by atoms with van der Waals surface area (Å²) in [5.74, 6) is -0.106. The smallest absolute Gasteiger partial charge is 0.246 e. The molecule has 1 aromatic rings. The lowest BCUT2D eigenvalue weighted by Crippen LogP contribution is -2.53. The molecule has 0 radical (unpaired) electrons. The molecule has 2 N–H and O–H groups in total. The summed E-state index contributed by atoms with van der Waals surface area (Å²) in [6.45, 7) is 5.31. The maximum absolute atomic E-state index is 12.0. The van der Waals surface area contributed by atoms with E-state index < -0.39 is 0 Å². The van der Waals surface area contributed by atoms with Crippen LogP contribution in [0, 0.1) is 12.3 Å². The van der Waals surface area contributed by atoms with Gasteiger partial charge in [-0.25, -0.2) is 0 Å². The molecule has 0 unspecified atom stereocenters. The Morgan fingerprint density at radius 2 is 2.05 bits per heavy atom. The highest BCUT2D eigenvalue weighted by atomic mass is 16.5. The van der Waals surface area contributed by atoms with E-state index in [2.05, 4.69) is 5.32 Å². The van der Waals surface area contributed by atoms with E-state index in [1.165, 1.54) is 5.56 Å². The lowest BCUT2D eigenvalue weighted by molar-refractivity contribution is -0.139. The molecule has 1 saturated heterocycles. The molecule has 0 aliphatic carbocycles. The number of aliphatic hydroxyl groups is 1. The molecule has 0 aromatic heterocycles. The first-order chi connectivity index (χ1) is 9.54. The van der Waals surface area contributed by atoms with Gasteiger partial charge >= 0.3 is 0 Å². The van der Waals surface area contributed by atoms with E-state index in [4.69, 9.17) is 4.74 Å². The van der Waals surface area contributed by atoms with Gasteiger partial charge in [0, 0.05) is 12.1 Å². The van der Waals surface area contributed by atoms with Crippen LogP contribution in [0.2, 0.25) is 0 Å². The van der Waals surface area contributed by atoms with Crippen LogP contribution in [0.25, 0.3) is 6.08 Å². The Balaban J connectivity index is 1.93. The summed E-state index contributed by atoms with van der Waals surface area (Å²) in [7, 11) is 0. The molecule has 4 heteroatoms. The molecule has 1 aliphatic heterocycles. The average molecular weight is 275 g/mol. The van der Waals surface area contributed by atoms with Gasteiger partial charge in [0.05, 0.1) is 25.2 Å². The summed E-state index contributed by atoms with van der Waals surface area (Å²) < 4.78 is 5.10. The fourth-order valence-electron chi connectivity index (χ4n) is 2.03. The highest BCUT2D eigenvalue weighted by Gasteiger charge is 2.38. The minimum atomic E-state index is -0.292. The quantitative estimate of drug-likeness (QED) is 0.801. The number of benzene rings is 1. The first-order valence-corrected chi connectivity index (χ1v) is 6.76. The van der Waals surface area contributed by atoms with Gasteiger partial charge < -0.3 is 15.2 Å². The van der Waals surface area contributed by atoms with Crippen LogP contribution < -0.4 is 5.32 Å². The van der Waals surface area contributed by atoms with Crippen molar-refractivity contribution in [1.29, 1.82) is 0 Å². The SMILES string of the molecule is C/C(=C/c1ccc(C)cc1)C(=O)NCC1(CO)COC1. The molecule has 0 atom stereocenters. The molecule has 1 amide bonds. The number of aliphatic hydroxyl groups excluding tert-OH is 1. The minimum absolute atomic E-state index is 0.0357. The third-order valence-corrected chi connectivity index (χ3v) is 3.59. The van der Waals surface area contributed by atoms with Gasteiger partial charge in [-0.15, -0.1) is 0 Å². The van der Waals surface area contributed by atoms with Crippen molar-refractivity contribution >= 4 is 12.0 Å². The van der Waals surface area contributed by atoms with E-state index in [9.17, 15) is 9.90 Å². The van der Waals surface area contributed by atoms with Crippen molar-refractivity contribution in [3.63, 3.8) is 0 Å². The largest absolute Gasteiger partial charge is 0.396 e. The van der Waals surface area contributed by atoms with Gasteiger partial charge in [0.15, 0.2) is 0 Å². The van der Waals surface area contributed by atoms with E-state index >= 15 is 0 Å². The maximum Gasteiger partial charge on any atom is 0.246 e. The van der Waals surface area contributed by atoms with E-state index in [1.807, 2.05) is 37.3 Å². The molecule has 1 aromatic carbocycles. The van der Waals surface area contributed by atoms with Crippen LogP contribution in [0.15, 0.2) is 29.8 Å². The number of nitrogens with one attached hydrogen (secondary N) is 1. The molecule has 1 heterocycles. The summed E-state index contributed by atoms with van der Waals surface area (Å²) in [5.41, 5.74) is 2.56. The lowest BCUT2D eigenvalue weighted by atomic mass is 9.87. The monoisotopic (exact) mass is 275 g/mol. The highest BCUT2D eigenvalue weighted by Crippen LogP contribution is 2.25. The third kappa shape index (κ3) is 3.46. The van der Waals surface area contributed by atoms with Crippen molar-refractivity contribution in [3.8, 4) is 0 Å². The van der Waals surface area contributed by atoms with Gasteiger partial charge in [0.1, 0.15) is 0 Å². The molecule has 4 nitrogen and oxygen atoms in total. The Kier molecular flexibility index (Phi) is 4.57.